The molecule has 0 aromatic heterocycles. The second-order valence-corrected chi connectivity index (χ2v) is 8.42. The second kappa shape index (κ2) is 11.8. The van der Waals surface area contributed by atoms with Gasteiger partial charge in [-0.05, 0) is 43.9 Å². The molecular formula is C24H30N2O3S. The predicted octanol–water partition coefficient (Wildman–Crippen LogP) is 4.30. The molecule has 0 spiro atoms. The Hall–Kier alpha value is -2.31. The Bertz CT molecular complexity index is 822. The standard InChI is InChI=1S/C24H30N2O3S/c1-19(20-10-3-2-4-11-20)29-17-9-14-25-24(28)21-12-5-6-13-22(21)30-18-23(27)26-15-7-8-16-26/h2-6,10-13,19H,7-9,14-18H2,1H3,(H,25,28). The highest BCUT2D eigenvalue weighted by atomic mass is 32.2. The summed E-state index contributed by atoms with van der Waals surface area (Å²) in [4.78, 5) is 27.7. The number of rotatable bonds is 10. The van der Waals surface area contributed by atoms with Gasteiger partial charge in [-0.2, -0.15) is 0 Å². The number of likely N-dealkylation sites (tertiary alicyclic amines) is 1. The summed E-state index contributed by atoms with van der Waals surface area (Å²) in [6, 6.07) is 17.6. The number of ether oxygens (including phenoxy) is 1. The van der Waals surface area contributed by atoms with Crippen molar-refractivity contribution in [1.82, 2.24) is 10.2 Å². The van der Waals surface area contributed by atoms with Crippen molar-refractivity contribution in [3.05, 3.63) is 65.7 Å². The van der Waals surface area contributed by atoms with Crippen molar-refractivity contribution in [2.45, 2.75) is 37.2 Å². The third kappa shape index (κ3) is 6.61. The molecular weight excluding hydrogens is 396 g/mol. The molecule has 1 unspecified atom stereocenters. The van der Waals surface area contributed by atoms with Crippen molar-refractivity contribution >= 4 is 23.6 Å². The van der Waals surface area contributed by atoms with Gasteiger partial charge in [-0.1, -0.05) is 42.5 Å². The van der Waals surface area contributed by atoms with E-state index in [1.807, 2.05) is 54.3 Å². The molecule has 1 N–H and O–H groups in total. The first kappa shape index (κ1) is 22.4. The molecule has 0 radical (unpaired) electrons. The van der Waals surface area contributed by atoms with Gasteiger partial charge < -0.3 is 15.0 Å². The van der Waals surface area contributed by atoms with Crippen LogP contribution in [0.4, 0.5) is 0 Å². The summed E-state index contributed by atoms with van der Waals surface area (Å²) in [6.45, 7) is 4.87. The van der Waals surface area contributed by atoms with E-state index in [0.717, 1.165) is 42.8 Å². The molecule has 0 bridgehead atoms. The van der Waals surface area contributed by atoms with Crippen LogP contribution >= 0.6 is 11.8 Å². The first-order valence-corrected chi connectivity index (χ1v) is 11.6. The van der Waals surface area contributed by atoms with Crippen LogP contribution in [0.3, 0.4) is 0 Å². The zero-order valence-corrected chi connectivity index (χ0v) is 18.3. The largest absolute Gasteiger partial charge is 0.374 e. The van der Waals surface area contributed by atoms with Gasteiger partial charge in [0.1, 0.15) is 0 Å². The summed E-state index contributed by atoms with van der Waals surface area (Å²) < 4.78 is 5.86. The molecule has 2 aromatic rings. The number of thioether (sulfide) groups is 1. The number of carbonyl (C=O) groups is 2. The monoisotopic (exact) mass is 426 g/mol. The zero-order chi connectivity index (χ0) is 21.2. The predicted molar refractivity (Wildman–Crippen MR) is 121 cm³/mol. The summed E-state index contributed by atoms with van der Waals surface area (Å²) in [5.41, 5.74) is 1.77. The molecule has 0 aliphatic carbocycles. The van der Waals surface area contributed by atoms with Gasteiger partial charge in [-0.25, -0.2) is 0 Å². The van der Waals surface area contributed by atoms with Crippen LogP contribution in [0.5, 0.6) is 0 Å². The maximum Gasteiger partial charge on any atom is 0.252 e. The normalized spacial score (nSPS) is 14.5. The number of hydrogen-bond donors (Lipinski definition) is 1. The van der Waals surface area contributed by atoms with Gasteiger partial charge in [0, 0.05) is 31.1 Å². The Morgan fingerprint density at radius 2 is 1.77 bits per heavy atom. The molecule has 2 aromatic carbocycles. The van der Waals surface area contributed by atoms with Crippen molar-refractivity contribution < 1.29 is 14.3 Å². The second-order valence-electron chi connectivity index (χ2n) is 7.41. The van der Waals surface area contributed by atoms with Crippen LogP contribution in [0.25, 0.3) is 0 Å². The molecule has 1 aliphatic rings. The number of nitrogens with zero attached hydrogens (tertiary/aromatic N) is 1. The summed E-state index contributed by atoms with van der Waals surface area (Å²) in [6.07, 6.45) is 2.95. The lowest BCUT2D eigenvalue weighted by atomic mass is 10.1. The molecule has 0 saturated carbocycles. The van der Waals surface area contributed by atoms with Crippen molar-refractivity contribution in [2.24, 2.45) is 0 Å². The van der Waals surface area contributed by atoms with Crippen LogP contribution in [-0.4, -0.2) is 48.7 Å². The summed E-state index contributed by atoms with van der Waals surface area (Å²) in [7, 11) is 0. The van der Waals surface area contributed by atoms with Gasteiger partial charge in [0.15, 0.2) is 0 Å². The van der Waals surface area contributed by atoms with Crippen LogP contribution in [0.15, 0.2) is 59.5 Å². The maximum absolute atomic E-state index is 12.6. The number of amides is 2. The topological polar surface area (TPSA) is 58.6 Å². The number of carbonyl (C=O) groups excluding carboxylic acids is 2. The molecule has 1 heterocycles. The summed E-state index contributed by atoms with van der Waals surface area (Å²) in [5, 5.41) is 2.97. The molecule has 160 valence electrons. The average Bonchev–Trinajstić information content (AvgIpc) is 3.33. The fourth-order valence-corrected chi connectivity index (χ4v) is 4.38. The first-order valence-electron chi connectivity index (χ1n) is 10.6. The molecule has 1 fully saturated rings. The summed E-state index contributed by atoms with van der Waals surface area (Å²) in [5.74, 6) is 0.412. The Labute approximate surface area is 183 Å². The number of benzene rings is 2. The van der Waals surface area contributed by atoms with Crippen molar-refractivity contribution in [3.8, 4) is 0 Å². The maximum atomic E-state index is 12.6. The van der Waals surface area contributed by atoms with Crippen molar-refractivity contribution in [1.29, 1.82) is 0 Å². The van der Waals surface area contributed by atoms with Crippen LogP contribution in [-0.2, 0) is 9.53 Å². The van der Waals surface area contributed by atoms with Crippen molar-refractivity contribution in [3.63, 3.8) is 0 Å². The highest BCUT2D eigenvalue weighted by Gasteiger charge is 2.19. The van der Waals surface area contributed by atoms with Gasteiger partial charge in [0.05, 0.1) is 17.4 Å². The first-order chi connectivity index (χ1) is 14.6. The Balaban J connectivity index is 1.41. The van der Waals surface area contributed by atoms with Gasteiger partial charge in [0.25, 0.3) is 5.91 Å². The minimum absolute atomic E-state index is 0.0344. The van der Waals surface area contributed by atoms with E-state index < -0.39 is 0 Å². The molecule has 2 amide bonds. The Morgan fingerprint density at radius 1 is 1.07 bits per heavy atom. The van der Waals surface area contributed by atoms with Crippen molar-refractivity contribution in [2.75, 3.05) is 32.0 Å². The minimum Gasteiger partial charge on any atom is -0.374 e. The van der Waals surface area contributed by atoms with Crippen LogP contribution in [0.1, 0.15) is 48.2 Å². The zero-order valence-electron chi connectivity index (χ0n) is 17.5. The van der Waals surface area contributed by atoms with Crippen LogP contribution < -0.4 is 5.32 Å². The fourth-order valence-electron chi connectivity index (χ4n) is 3.43. The lowest BCUT2D eigenvalue weighted by Gasteiger charge is -2.16. The quantitative estimate of drug-likeness (QED) is 0.455. The molecule has 3 rings (SSSR count). The van der Waals surface area contributed by atoms with Gasteiger partial charge in [-0.15, -0.1) is 11.8 Å². The molecule has 1 aliphatic heterocycles. The molecule has 5 nitrogen and oxygen atoms in total. The van der Waals surface area contributed by atoms with E-state index >= 15 is 0 Å². The minimum atomic E-state index is -0.108. The molecule has 1 atom stereocenters. The van der Waals surface area contributed by atoms with E-state index in [-0.39, 0.29) is 17.9 Å². The summed E-state index contributed by atoms with van der Waals surface area (Å²) >= 11 is 1.44. The number of hydrogen-bond acceptors (Lipinski definition) is 4. The molecule has 1 saturated heterocycles. The SMILES string of the molecule is CC(OCCCNC(=O)c1ccccc1SCC(=O)N1CCCC1)c1ccccc1. The third-order valence-corrected chi connectivity index (χ3v) is 6.24. The Morgan fingerprint density at radius 3 is 2.53 bits per heavy atom. The average molecular weight is 427 g/mol. The third-order valence-electron chi connectivity index (χ3n) is 5.19. The van der Waals surface area contributed by atoms with E-state index in [4.69, 9.17) is 4.74 Å². The highest BCUT2D eigenvalue weighted by Crippen LogP contribution is 2.24. The Kier molecular flexibility index (Phi) is 8.78. The van der Waals surface area contributed by atoms with Crippen LogP contribution in [0, 0.1) is 0 Å². The van der Waals surface area contributed by atoms with E-state index in [2.05, 4.69) is 17.4 Å². The lowest BCUT2D eigenvalue weighted by molar-refractivity contribution is -0.127. The van der Waals surface area contributed by atoms with E-state index in [1.54, 1.807) is 0 Å². The van der Waals surface area contributed by atoms with Gasteiger partial charge in [0.2, 0.25) is 5.91 Å². The number of nitrogens with one attached hydrogen (secondary N) is 1. The molecule has 30 heavy (non-hydrogen) atoms. The lowest BCUT2D eigenvalue weighted by Crippen LogP contribution is -2.29. The highest BCUT2D eigenvalue weighted by molar-refractivity contribution is 8.00. The fraction of sp³-hybridized carbons (Fsp3) is 0.417. The van der Waals surface area contributed by atoms with Gasteiger partial charge in [-0.3, -0.25) is 9.59 Å². The van der Waals surface area contributed by atoms with E-state index in [9.17, 15) is 9.59 Å². The van der Waals surface area contributed by atoms with Gasteiger partial charge >= 0.3 is 0 Å². The van der Waals surface area contributed by atoms with E-state index in [0.29, 0.717) is 24.5 Å². The van der Waals surface area contributed by atoms with E-state index in [1.165, 1.54) is 11.8 Å². The van der Waals surface area contributed by atoms with Crippen LogP contribution in [0.2, 0.25) is 0 Å². The molecule has 6 heteroatoms. The smallest absolute Gasteiger partial charge is 0.252 e.